The van der Waals surface area contributed by atoms with Gasteiger partial charge in [-0.15, -0.1) is 0 Å². The quantitative estimate of drug-likeness (QED) is 0.798. The lowest BCUT2D eigenvalue weighted by Crippen LogP contribution is -2.25. The average molecular weight is 314 g/mol. The molecule has 1 saturated heterocycles. The first-order valence-corrected chi connectivity index (χ1v) is 7.94. The Bertz CT molecular complexity index is 447. The van der Waals surface area contributed by atoms with E-state index in [0.717, 1.165) is 44.5 Å². The lowest BCUT2D eigenvalue weighted by atomic mass is 10.2. The molecule has 0 aliphatic carbocycles. The molecule has 1 aromatic rings. The second-order valence-corrected chi connectivity index (χ2v) is 5.63. The van der Waals surface area contributed by atoms with Crippen LogP contribution >= 0.6 is 11.6 Å². The second-order valence-electron chi connectivity index (χ2n) is 5.22. The van der Waals surface area contributed by atoms with Crippen molar-refractivity contribution in [1.82, 2.24) is 5.32 Å². The normalized spacial score (nSPS) is 18.0. The number of hydrogen-bond acceptors (Lipinski definition) is 4. The Labute approximate surface area is 131 Å². The van der Waals surface area contributed by atoms with Crippen LogP contribution < -0.4 is 14.8 Å². The van der Waals surface area contributed by atoms with E-state index in [1.807, 2.05) is 12.1 Å². The van der Waals surface area contributed by atoms with Crippen molar-refractivity contribution in [2.24, 2.45) is 0 Å². The first-order chi connectivity index (χ1) is 10.2. The van der Waals surface area contributed by atoms with Gasteiger partial charge in [0, 0.05) is 19.7 Å². The third-order valence-corrected chi connectivity index (χ3v) is 3.75. The van der Waals surface area contributed by atoms with E-state index in [9.17, 15) is 0 Å². The predicted molar refractivity (Wildman–Crippen MR) is 84.5 cm³/mol. The minimum Gasteiger partial charge on any atom is -0.493 e. The van der Waals surface area contributed by atoms with E-state index in [0.29, 0.717) is 29.2 Å². The van der Waals surface area contributed by atoms with E-state index in [-0.39, 0.29) is 0 Å². The maximum Gasteiger partial charge on any atom is 0.179 e. The Morgan fingerprint density at radius 1 is 1.43 bits per heavy atom. The third kappa shape index (κ3) is 4.77. The molecule has 5 heteroatoms. The molecule has 0 amide bonds. The molecule has 0 radical (unpaired) electrons. The Morgan fingerprint density at radius 2 is 2.29 bits per heavy atom. The standard InChI is InChI=1S/C16H24ClNO3/c1-3-6-21-16-14(17)8-12(9-15(16)19-2)10-18-11-13-5-4-7-20-13/h8-9,13,18H,3-7,10-11H2,1-2H3/t13-/m0/s1. The fourth-order valence-corrected chi connectivity index (χ4v) is 2.69. The molecule has 0 spiro atoms. The van der Waals surface area contributed by atoms with Crippen LogP contribution in [0, 0.1) is 0 Å². The van der Waals surface area contributed by atoms with Crippen LogP contribution in [0.3, 0.4) is 0 Å². The van der Waals surface area contributed by atoms with Gasteiger partial charge in [-0.1, -0.05) is 18.5 Å². The number of nitrogens with one attached hydrogen (secondary N) is 1. The molecular weight excluding hydrogens is 290 g/mol. The van der Waals surface area contributed by atoms with Gasteiger partial charge < -0.3 is 19.5 Å². The van der Waals surface area contributed by atoms with Gasteiger partial charge in [0.15, 0.2) is 11.5 Å². The summed E-state index contributed by atoms with van der Waals surface area (Å²) in [5, 5.41) is 4.00. The zero-order valence-corrected chi connectivity index (χ0v) is 13.5. The fraction of sp³-hybridized carbons (Fsp3) is 0.625. The van der Waals surface area contributed by atoms with Gasteiger partial charge in [0.05, 0.1) is 24.8 Å². The minimum absolute atomic E-state index is 0.342. The largest absolute Gasteiger partial charge is 0.493 e. The highest BCUT2D eigenvalue weighted by molar-refractivity contribution is 6.32. The molecule has 0 bridgehead atoms. The molecule has 21 heavy (non-hydrogen) atoms. The highest BCUT2D eigenvalue weighted by atomic mass is 35.5. The summed E-state index contributed by atoms with van der Waals surface area (Å²) in [6, 6.07) is 3.90. The molecule has 0 saturated carbocycles. The number of rotatable bonds is 8. The van der Waals surface area contributed by atoms with Gasteiger partial charge in [0.1, 0.15) is 0 Å². The van der Waals surface area contributed by atoms with Crippen molar-refractivity contribution in [3.8, 4) is 11.5 Å². The molecule has 4 nitrogen and oxygen atoms in total. The fourth-order valence-electron chi connectivity index (χ4n) is 2.40. The summed E-state index contributed by atoms with van der Waals surface area (Å²) < 4.78 is 16.6. The van der Waals surface area contributed by atoms with Crippen LogP contribution in [0.4, 0.5) is 0 Å². The molecule has 2 rings (SSSR count). The summed E-state index contributed by atoms with van der Waals surface area (Å²) in [5.74, 6) is 1.31. The molecule has 1 heterocycles. The second kappa shape index (κ2) is 8.47. The van der Waals surface area contributed by atoms with Gasteiger partial charge in [-0.3, -0.25) is 0 Å². The number of benzene rings is 1. The smallest absolute Gasteiger partial charge is 0.179 e. The summed E-state index contributed by atoms with van der Waals surface area (Å²) in [6.07, 6.45) is 3.58. The van der Waals surface area contributed by atoms with Gasteiger partial charge >= 0.3 is 0 Å². The Balaban J connectivity index is 1.94. The van der Waals surface area contributed by atoms with E-state index in [1.165, 1.54) is 0 Å². The van der Waals surface area contributed by atoms with Crippen LogP contribution in [-0.2, 0) is 11.3 Å². The third-order valence-electron chi connectivity index (χ3n) is 3.46. The maximum atomic E-state index is 6.30. The molecule has 1 aliphatic rings. The van der Waals surface area contributed by atoms with Crippen molar-refractivity contribution in [2.45, 2.75) is 38.8 Å². The van der Waals surface area contributed by atoms with Crippen molar-refractivity contribution in [1.29, 1.82) is 0 Å². The highest BCUT2D eigenvalue weighted by Crippen LogP contribution is 2.36. The molecule has 1 aliphatic heterocycles. The van der Waals surface area contributed by atoms with Gasteiger partial charge in [0.25, 0.3) is 0 Å². The number of ether oxygens (including phenoxy) is 3. The van der Waals surface area contributed by atoms with Gasteiger partial charge in [0.2, 0.25) is 0 Å². The van der Waals surface area contributed by atoms with Crippen molar-refractivity contribution < 1.29 is 14.2 Å². The molecule has 1 fully saturated rings. The molecule has 1 N–H and O–H groups in total. The predicted octanol–water partition coefficient (Wildman–Crippen LogP) is 3.41. The number of methoxy groups -OCH3 is 1. The SMILES string of the molecule is CCCOc1c(Cl)cc(CNC[C@@H]2CCCO2)cc1OC. The Kier molecular flexibility index (Phi) is 6.61. The molecule has 0 aromatic heterocycles. The first kappa shape index (κ1) is 16.4. The maximum absolute atomic E-state index is 6.30. The lowest BCUT2D eigenvalue weighted by molar-refractivity contribution is 0.110. The Hall–Kier alpha value is -0.970. The van der Waals surface area contributed by atoms with E-state index < -0.39 is 0 Å². The van der Waals surface area contributed by atoms with Gasteiger partial charge in [-0.25, -0.2) is 0 Å². The van der Waals surface area contributed by atoms with Crippen molar-refractivity contribution >= 4 is 11.6 Å². The van der Waals surface area contributed by atoms with Crippen LogP contribution in [-0.4, -0.2) is 33.0 Å². The van der Waals surface area contributed by atoms with Crippen molar-refractivity contribution in [3.05, 3.63) is 22.7 Å². The first-order valence-electron chi connectivity index (χ1n) is 7.56. The summed E-state index contributed by atoms with van der Waals surface area (Å²) in [7, 11) is 1.63. The lowest BCUT2D eigenvalue weighted by Gasteiger charge is -2.15. The Morgan fingerprint density at radius 3 is 2.95 bits per heavy atom. The zero-order valence-electron chi connectivity index (χ0n) is 12.8. The van der Waals surface area contributed by atoms with Crippen LogP contribution in [0.25, 0.3) is 0 Å². The monoisotopic (exact) mass is 313 g/mol. The minimum atomic E-state index is 0.342. The topological polar surface area (TPSA) is 39.7 Å². The number of hydrogen-bond donors (Lipinski definition) is 1. The van der Waals surface area contributed by atoms with Crippen molar-refractivity contribution in [3.63, 3.8) is 0 Å². The molecular formula is C16H24ClNO3. The van der Waals surface area contributed by atoms with Gasteiger partial charge in [-0.05, 0) is 37.0 Å². The van der Waals surface area contributed by atoms with Crippen LogP contribution in [0.1, 0.15) is 31.7 Å². The van der Waals surface area contributed by atoms with Crippen LogP contribution in [0.5, 0.6) is 11.5 Å². The average Bonchev–Trinajstić information content (AvgIpc) is 2.99. The van der Waals surface area contributed by atoms with E-state index in [2.05, 4.69) is 12.2 Å². The molecule has 0 unspecified atom stereocenters. The van der Waals surface area contributed by atoms with E-state index in [4.69, 9.17) is 25.8 Å². The van der Waals surface area contributed by atoms with Crippen LogP contribution in [0.2, 0.25) is 5.02 Å². The molecule has 1 aromatic carbocycles. The molecule has 1 atom stereocenters. The molecule has 118 valence electrons. The van der Waals surface area contributed by atoms with Crippen LogP contribution in [0.15, 0.2) is 12.1 Å². The summed E-state index contributed by atoms with van der Waals surface area (Å²) in [5.41, 5.74) is 1.08. The van der Waals surface area contributed by atoms with Crippen molar-refractivity contribution in [2.75, 3.05) is 26.9 Å². The summed E-state index contributed by atoms with van der Waals surface area (Å²) in [4.78, 5) is 0. The number of halogens is 1. The zero-order chi connectivity index (χ0) is 15.1. The van der Waals surface area contributed by atoms with E-state index in [1.54, 1.807) is 7.11 Å². The van der Waals surface area contributed by atoms with E-state index >= 15 is 0 Å². The summed E-state index contributed by atoms with van der Waals surface area (Å²) >= 11 is 6.30. The van der Waals surface area contributed by atoms with Gasteiger partial charge in [-0.2, -0.15) is 0 Å². The summed E-state index contributed by atoms with van der Waals surface area (Å²) in [6.45, 7) is 5.18. The highest BCUT2D eigenvalue weighted by Gasteiger charge is 2.15.